The second kappa shape index (κ2) is 6.43. The Kier molecular flexibility index (Phi) is 4.34. The van der Waals surface area contributed by atoms with E-state index in [9.17, 15) is 14.9 Å². The zero-order valence-electron chi connectivity index (χ0n) is 13.8. The molecule has 2 aromatic carbocycles. The molecule has 3 rings (SSSR count). The van der Waals surface area contributed by atoms with Gasteiger partial charge in [0.2, 0.25) is 0 Å². The number of carbonyl (C=O) groups is 1. The maximum atomic E-state index is 12.4. The van der Waals surface area contributed by atoms with Gasteiger partial charge in [0.05, 0.1) is 11.0 Å². The largest absolute Gasteiger partial charge is 0.346 e. The van der Waals surface area contributed by atoms with Crippen molar-refractivity contribution in [2.45, 2.75) is 39.2 Å². The van der Waals surface area contributed by atoms with Crippen molar-refractivity contribution in [3.63, 3.8) is 0 Å². The molecule has 0 saturated heterocycles. The number of fused-ring (bicyclic) bond motifs is 1. The first kappa shape index (κ1) is 16.2. The number of amides is 1. The predicted molar refractivity (Wildman–Crippen MR) is 92.2 cm³/mol. The number of hydrogen-bond donors (Lipinski definition) is 1. The minimum absolute atomic E-state index is 0.0344. The molecule has 1 atom stereocenters. The van der Waals surface area contributed by atoms with Crippen LogP contribution in [0.4, 0.5) is 5.69 Å². The van der Waals surface area contributed by atoms with Gasteiger partial charge in [0.25, 0.3) is 11.6 Å². The van der Waals surface area contributed by atoms with Gasteiger partial charge in [-0.25, -0.2) is 0 Å². The fourth-order valence-corrected chi connectivity index (χ4v) is 3.17. The van der Waals surface area contributed by atoms with Crippen LogP contribution < -0.4 is 5.32 Å². The summed E-state index contributed by atoms with van der Waals surface area (Å²) in [7, 11) is 0. The number of carbonyl (C=O) groups excluding carboxylic acids is 1. The molecule has 5 heteroatoms. The molecule has 1 aliphatic rings. The Balaban J connectivity index is 1.77. The third kappa shape index (κ3) is 3.15. The van der Waals surface area contributed by atoms with Crippen LogP contribution in [0.15, 0.2) is 36.4 Å². The van der Waals surface area contributed by atoms with Crippen LogP contribution in [0.3, 0.4) is 0 Å². The van der Waals surface area contributed by atoms with Gasteiger partial charge in [-0.3, -0.25) is 14.9 Å². The summed E-state index contributed by atoms with van der Waals surface area (Å²) in [5.41, 5.74) is 4.63. The molecule has 0 fully saturated rings. The number of nitrogens with zero attached hydrogens (tertiary/aromatic N) is 1. The van der Waals surface area contributed by atoms with Crippen molar-refractivity contribution >= 4 is 11.6 Å². The van der Waals surface area contributed by atoms with E-state index in [0.29, 0.717) is 11.1 Å². The van der Waals surface area contributed by atoms with Crippen LogP contribution in [0.25, 0.3) is 0 Å². The average Bonchev–Trinajstić information content (AvgIpc) is 3.02. The lowest BCUT2D eigenvalue weighted by Crippen LogP contribution is -2.26. The Morgan fingerprint density at radius 3 is 2.67 bits per heavy atom. The van der Waals surface area contributed by atoms with E-state index < -0.39 is 4.92 Å². The SMILES string of the molecule is Cc1ccc(C(=O)N[C@@H](C)c2ccc3c(c2)CCC3)cc1[N+](=O)[O-]. The van der Waals surface area contributed by atoms with Crippen LogP contribution in [0.1, 0.15) is 52.0 Å². The molecule has 24 heavy (non-hydrogen) atoms. The van der Waals surface area contributed by atoms with Gasteiger partial charge in [-0.2, -0.15) is 0 Å². The first-order chi connectivity index (χ1) is 11.5. The highest BCUT2D eigenvalue weighted by molar-refractivity contribution is 5.95. The van der Waals surface area contributed by atoms with E-state index in [1.54, 1.807) is 19.1 Å². The maximum Gasteiger partial charge on any atom is 0.273 e. The molecular formula is C19H20N2O3. The molecule has 1 amide bonds. The Bertz CT molecular complexity index is 814. The molecule has 124 valence electrons. The highest BCUT2D eigenvalue weighted by atomic mass is 16.6. The number of rotatable bonds is 4. The van der Waals surface area contributed by atoms with E-state index in [1.165, 1.54) is 23.6 Å². The zero-order valence-corrected chi connectivity index (χ0v) is 13.8. The summed E-state index contributed by atoms with van der Waals surface area (Å²) in [6.07, 6.45) is 3.41. The molecule has 0 unspecified atom stereocenters. The highest BCUT2D eigenvalue weighted by Crippen LogP contribution is 2.26. The van der Waals surface area contributed by atoms with Crippen molar-refractivity contribution in [3.8, 4) is 0 Å². The monoisotopic (exact) mass is 324 g/mol. The van der Waals surface area contributed by atoms with Gasteiger partial charge in [-0.15, -0.1) is 0 Å². The third-order valence-corrected chi connectivity index (χ3v) is 4.64. The third-order valence-electron chi connectivity index (χ3n) is 4.64. The molecule has 0 radical (unpaired) electrons. The maximum absolute atomic E-state index is 12.4. The standard InChI is InChI=1S/C19H20N2O3/c1-12-6-7-17(11-18(12)21(23)24)19(22)20-13(2)15-9-8-14-4-3-5-16(14)10-15/h6-11,13H,3-5H2,1-2H3,(H,20,22)/t13-/m0/s1. The first-order valence-electron chi connectivity index (χ1n) is 8.13. The van der Waals surface area contributed by atoms with Crippen LogP contribution in [-0.2, 0) is 12.8 Å². The fraction of sp³-hybridized carbons (Fsp3) is 0.316. The summed E-state index contributed by atoms with van der Waals surface area (Å²) in [6, 6.07) is 10.7. The summed E-state index contributed by atoms with van der Waals surface area (Å²) < 4.78 is 0. The normalized spacial score (nSPS) is 14.1. The van der Waals surface area contributed by atoms with Crippen LogP contribution >= 0.6 is 0 Å². The lowest BCUT2D eigenvalue weighted by Gasteiger charge is -2.16. The molecular weight excluding hydrogens is 304 g/mol. The van der Waals surface area contributed by atoms with Crippen molar-refractivity contribution in [2.24, 2.45) is 0 Å². The lowest BCUT2D eigenvalue weighted by atomic mass is 10.0. The molecule has 0 saturated carbocycles. The summed E-state index contributed by atoms with van der Waals surface area (Å²) in [6.45, 7) is 3.59. The second-order valence-corrected chi connectivity index (χ2v) is 6.34. The van der Waals surface area contributed by atoms with E-state index >= 15 is 0 Å². The van der Waals surface area contributed by atoms with Crippen molar-refractivity contribution in [3.05, 3.63) is 74.3 Å². The Hall–Kier alpha value is -2.69. The number of aryl methyl sites for hydroxylation is 3. The van der Waals surface area contributed by atoms with Gasteiger partial charge in [-0.05, 0) is 55.9 Å². The zero-order chi connectivity index (χ0) is 17.3. The van der Waals surface area contributed by atoms with Gasteiger partial charge in [0, 0.05) is 17.2 Å². The number of nitro groups is 1. The minimum atomic E-state index is -0.462. The summed E-state index contributed by atoms with van der Waals surface area (Å²) >= 11 is 0. The Morgan fingerprint density at radius 2 is 1.92 bits per heavy atom. The predicted octanol–water partition coefficient (Wildman–Crippen LogP) is 3.88. The molecule has 5 nitrogen and oxygen atoms in total. The van der Waals surface area contributed by atoms with E-state index in [1.807, 2.05) is 13.0 Å². The number of benzene rings is 2. The number of nitrogens with one attached hydrogen (secondary N) is 1. The average molecular weight is 324 g/mol. The quantitative estimate of drug-likeness (QED) is 0.685. The van der Waals surface area contributed by atoms with Gasteiger partial charge < -0.3 is 5.32 Å². The van der Waals surface area contributed by atoms with E-state index in [-0.39, 0.29) is 17.6 Å². The van der Waals surface area contributed by atoms with Gasteiger partial charge in [-0.1, -0.05) is 24.3 Å². The summed E-state index contributed by atoms with van der Waals surface area (Å²) in [5.74, 6) is -0.300. The van der Waals surface area contributed by atoms with Gasteiger partial charge in [0.1, 0.15) is 0 Å². The lowest BCUT2D eigenvalue weighted by molar-refractivity contribution is -0.385. The highest BCUT2D eigenvalue weighted by Gasteiger charge is 2.18. The Morgan fingerprint density at radius 1 is 1.17 bits per heavy atom. The smallest absolute Gasteiger partial charge is 0.273 e. The first-order valence-corrected chi connectivity index (χ1v) is 8.13. The van der Waals surface area contributed by atoms with E-state index in [4.69, 9.17) is 0 Å². The van der Waals surface area contributed by atoms with Crippen LogP contribution in [0.2, 0.25) is 0 Å². The van der Waals surface area contributed by atoms with Crippen LogP contribution in [0, 0.1) is 17.0 Å². The number of hydrogen-bond acceptors (Lipinski definition) is 3. The van der Waals surface area contributed by atoms with Crippen LogP contribution in [-0.4, -0.2) is 10.8 Å². The van der Waals surface area contributed by atoms with Crippen molar-refractivity contribution in [2.75, 3.05) is 0 Å². The van der Waals surface area contributed by atoms with Gasteiger partial charge >= 0.3 is 0 Å². The summed E-state index contributed by atoms with van der Waals surface area (Å²) in [4.78, 5) is 23.0. The topological polar surface area (TPSA) is 72.2 Å². The molecule has 2 aromatic rings. The molecule has 1 aliphatic carbocycles. The van der Waals surface area contributed by atoms with Crippen molar-refractivity contribution in [1.82, 2.24) is 5.32 Å². The minimum Gasteiger partial charge on any atom is -0.346 e. The Labute approximate surface area is 140 Å². The second-order valence-electron chi connectivity index (χ2n) is 6.34. The van der Waals surface area contributed by atoms with Crippen molar-refractivity contribution < 1.29 is 9.72 Å². The van der Waals surface area contributed by atoms with E-state index in [2.05, 4.69) is 17.4 Å². The van der Waals surface area contributed by atoms with Crippen LogP contribution in [0.5, 0.6) is 0 Å². The molecule has 0 aliphatic heterocycles. The summed E-state index contributed by atoms with van der Waals surface area (Å²) in [5, 5.41) is 14.0. The fourth-order valence-electron chi connectivity index (χ4n) is 3.17. The van der Waals surface area contributed by atoms with E-state index in [0.717, 1.165) is 18.4 Å². The molecule has 0 spiro atoms. The molecule has 0 bridgehead atoms. The van der Waals surface area contributed by atoms with Gasteiger partial charge in [0.15, 0.2) is 0 Å². The molecule has 1 N–H and O–H groups in total. The van der Waals surface area contributed by atoms with Crippen molar-refractivity contribution in [1.29, 1.82) is 0 Å². The molecule has 0 heterocycles. The number of nitro benzene ring substituents is 1. The molecule has 0 aromatic heterocycles.